The Morgan fingerprint density at radius 2 is 1.83 bits per heavy atom. The van der Waals surface area contributed by atoms with Crippen LogP contribution in [0.1, 0.15) is 26.4 Å². The maximum atomic E-state index is 11.8. The number of amides is 1. The molecule has 0 unspecified atom stereocenters. The third kappa shape index (κ3) is 2.72. The van der Waals surface area contributed by atoms with Gasteiger partial charge >= 0.3 is 5.97 Å². The van der Waals surface area contributed by atoms with Crippen molar-refractivity contribution in [3.05, 3.63) is 46.5 Å². The number of aromatic carboxylic acids is 1. The van der Waals surface area contributed by atoms with E-state index in [2.05, 4.69) is 10.3 Å². The molecule has 1 amide bonds. The number of hydrogen-bond donors (Lipinski definition) is 2. The summed E-state index contributed by atoms with van der Waals surface area (Å²) in [4.78, 5) is 26.6. The van der Waals surface area contributed by atoms with Gasteiger partial charge in [-0.1, -0.05) is 0 Å². The smallest absolute Gasteiger partial charge is 0.335 e. The summed E-state index contributed by atoms with van der Waals surface area (Å²) in [5, 5.41) is 13.8. The zero-order chi connectivity index (χ0) is 13.1. The fourth-order valence-corrected chi connectivity index (χ4v) is 2.03. The molecule has 18 heavy (non-hydrogen) atoms. The summed E-state index contributed by atoms with van der Waals surface area (Å²) in [6.45, 7) is 1.84. The van der Waals surface area contributed by atoms with Gasteiger partial charge in [0.15, 0.2) is 5.13 Å². The van der Waals surface area contributed by atoms with Crippen molar-refractivity contribution in [2.24, 2.45) is 0 Å². The highest BCUT2D eigenvalue weighted by atomic mass is 32.1. The molecule has 2 aromatic rings. The molecule has 0 fully saturated rings. The number of nitrogens with zero attached hydrogens (tertiary/aromatic N) is 1. The third-order valence-electron chi connectivity index (χ3n) is 2.23. The highest BCUT2D eigenvalue weighted by Crippen LogP contribution is 2.15. The van der Waals surface area contributed by atoms with E-state index in [-0.39, 0.29) is 11.5 Å². The van der Waals surface area contributed by atoms with Crippen LogP contribution >= 0.6 is 11.3 Å². The van der Waals surface area contributed by atoms with E-state index in [0.717, 1.165) is 5.69 Å². The molecule has 5 nitrogen and oxygen atoms in total. The van der Waals surface area contributed by atoms with Crippen LogP contribution in [0.25, 0.3) is 0 Å². The first-order valence-corrected chi connectivity index (χ1v) is 6.01. The number of aromatic nitrogens is 1. The lowest BCUT2D eigenvalue weighted by Crippen LogP contribution is -2.12. The molecule has 2 N–H and O–H groups in total. The molecular formula is C12H10N2O3S. The first-order valence-electron chi connectivity index (χ1n) is 5.13. The van der Waals surface area contributed by atoms with Crippen LogP contribution in [0, 0.1) is 6.92 Å². The van der Waals surface area contributed by atoms with E-state index < -0.39 is 5.97 Å². The Hall–Kier alpha value is -2.21. The lowest BCUT2D eigenvalue weighted by atomic mass is 10.1. The standard InChI is InChI=1S/C12H10N2O3S/c1-7-6-18-12(13-7)14-10(15)8-2-4-9(5-3-8)11(16)17/h2-6H,1H3,(H,16,17)(H,13,14,15). The number of hydrogen-bond acceptors (Lipinski definition) is 4. The van der Waals surface area contributed by atoms with Crippen LogP contribution in [0.15, 0.2) is 29.6 Å². The SMILES string of the molecule is Cc1csc(NC(=O)c2ccc(C(=O)O)cc2)n1. The van der Waals surface area contributed by atoms with Crippen LogP contribution in [0.3, 0.4) is 0 Å². The van der Waals surface area contributed by atoms with E-state index >= 15 is 0 Å². The second kappa shape index (κ2) is 4.97. The monoisotopic (exact) mass is 262 g/mol. The van der Waals surface area contributed by atoms with E-state index in [1.807, 2.05) is 12.3 Å². The van der Waals surface area contributed by atoms with Crippen molar-refractivity contribution in [2.45, 2.75) is 6.92 Å². The minimum atomic E-state index is -1.02. The van der Waals surface area contributed by atoms with Gasteiger partial charge in [-0.2, -0.15) is 0 Å². The van der Waals surface area contributed by atoms with Crippen LogP contribution in [0.5, 0.6) is 0 Å². The first-order chi connectivity index (χ1) is 8.56. The molecule has 0 aliphatic rings. The van der Waals surface area contributed by atoms with E-state index in [1.165, 1.54) is 35.6 Å². The van der Waals surface area contributed by atoms with Crippen LogP contribution in [0.2, 0.25) is 0 Å². The van der Waals surface area contributed by atoms with Gasteiger partial charge in [-0.3, -0.25) is 10.1 Å². The van der Waals surface area contributed by atoms with Crippen molar-refractivity contribution in [1.29, 1.82) is 0 Å². The van der Waals surface area contributed by atoms with Crippen LogP contribution in [0.4, 0.5) is 5.13 Å². The summed E-state index contributed by atoms with van der Waals surface area (Å²) in [5.74, 6) is -1.32. The summed E-state index contributed by atoms with van der Waals surface area (Å²) in [5.41, 5.74) is 1.39. The fraction of sp³-hybridized carbons (Fsp3) is 0.0833. The molecule has 0 saturated heterocycles. The molecule has 0 saturated carbocycles. The van der Waals surface area contributed by atoms with Gasteiger partial charge < -0.3 is 5.11 Å². The number of carbonyl (C=O) groups is 2. The lowest BCUT2D eigenvalue weighted by molar-refractivity contribution is 0.0696. The Morgan fingerprint density at radius 3 is 2.33 bits per heavy atom. The molecular weight excluding hydrogens is 252 g/mol. The van der Waals surface area contributed by atoms with E-state index in [1.54, 1.807) is 0 Å². The Balaban J connectivity index is 2.11. The van der Waals surface area contributed by atoms with Gasteiger partial charge in [0.1, 0.15) is 0 Å². The second-order valence-electron chi connectivity index (χ2n) is 3.63. The fourth-order valence-electron chi connectivity index (χ4n) is 1.34. The quantitative estimate of drug-likeness (QED) is 0.890. The van der Waals surface area contributed by atoms with E-state index in [9.17, 15) is 9.59 Å². The second-order valence-corrected chi connectivity index (χ2v) is 4.49. The number of anilines is 1. The lowest BCUT2D eigenvalue weighted by Gasteiger charge is -2.02. The molecule has 0 bridgehead atoms. The summed E-state index contributed by atoms with van der Waals surface area (Å²) >= 11 is 1.34. The number of aryl methyl sites for hydroxylation is 1. The number of nitrogens with one attached hydrogen (secondary N) is 1. The molecule has 92 valence electrons. The number of benzene rings is 1. The van der Waals surface area contributed by atoms with Gasteiger partial charge in [-0.15, -0.1) is 11.3 Å². The number of carbonyl (C=O) groups excluding carboxylic acids is 1. The van der Waals surface area contributed by atoms with Crippen molar-refractivity contribution in [2.75, 3.05) is 5.32 Å². The van der Waals surface area contributed by atoms with Gasteiger partial charge in [0.25, 0.3) is 5.91 Å². The molecule has 0 radical (unpaired) electrons. The molecule has 1 aromatic carbocycles. The van der Waals surface area contributed by atoms with Crippen molar-refractivity contribution in [3.63, 3.8) is 0 Å². The maximum absolute atomic E-state index is 11.8. The first kappa shape index (κ1) is 12.3. The molecule has 6 heteroatoms. The normalized spacial score (nSPS) is 10.1. The number of carboxylic acids is 1. The highest BCUT2D eigenvalue weighted by Gasteiger charge is 2.09. The van der Waals surface area contributed by atoms with E-state index in [4.69, 9.17) is 5.11 Å². The predicted molar refractivity (Wildman–Crippen MR) is 68.2 cm³/mol. The molecule has 1 aromatic heterocycles. The number of thiazole rings is 1. The Morgan fingerprint density at radius 1 is 1.22 bits per heavy atom. The molecule has 2 rings (SSSR count). The van der Waals surface area contributed by atoms with Gasteiger partial charge in [0, 0.05) is 10.9 Å². The van der Waals surface area contributed by atoms with Gasteiger partial charge in [0.05, 0.1) is 11.3 Å². The Bertz CT molecular complexity index is 590. The van der Waals surface area contributed by atoms with Crippen molar-refractivity contribution in [1.82, 2.24) is 4.98 Å². The molecule has 0 aliphatic carbocycles. The van der Waals surface area contributed by atoms with Gasteiger partial charge in [0.2, 0.25) is 0 Å². The van der Waals surface area contributed by atoms with Gasteiger partial charge in [-0.25, -0.2) is 9.78 Å². The number of carboxylic acid groups (broad SMARTS) is 1. The summed E-state index contributed by atoms with van der Waals surface area (Å²) in [7, 11) is 0. The predicted octanol–water partition coefficient (Wildman–Crippen LogP) is 2.40. The zero-order valence-electron chi connectivity index (χ0n) is 9.51. The van der Waals surface area contributed by atoms with Crippen molar-refractivity contribution in [3.8, 4) is 0 Å². The zero-order valence-corrected chi connectivity index (χ0v) is 10.3. The van der Waals surface area contributed by atoms with Crippen LogP contribution in [-0.2, 0) is 0 Å². The third-order valence-corrected chi connectivity index (χ3v) is 3.11. The molecule has 0 spiro atoms. The summed E-state index contributed by atoms with van der Waals surface area (Å²) in [6, 6.07) is 5.73. The molecule has 1 heterocycles. The van der Waals surface area contributed by atoms with Crippen LogP contribution in [-0.4, -0.2) is 22.0 Å². The Kier molecular flexibility index (Phi) is 3.38. The summed E-state index contributed by atoms with van der Waals surface area (Å²) in [6.07, 6.45) is 0. The Labute approximate surface area is 107 Å². The minimum absolute atomic E-state index is 0.150. The maximum Gasteiger partial charge on any atom is 0.335 e. The molecule has 0 atom stereocenters. The van der Waals surface area contributed by atoms with Crippen LogP contribution < -0.4 is 5.32 Å². The average molecular weight is 262 g/mol. The van der Waals surface area contributed by atoms with Crippen molar-refractivity contribution < 1.29 is 14.7 Å². The summed E-state index contributed by atoms with van der Waals surface area (Å²) < 4.78 is 0. The topological polar surface area (TPSA) is 79.3 Å². The number of rotatable bonds is 3. The molecule has 0 aliphatic heterocycles. The van der Waals surface area contributed by atoms with E-state index in [0.29, 0.717) is 10.7 Å². The minimum Gasteiger partial charge on any atom is -0.478 e. The average Bonchev–Trinajstić information content (AvgIpc) is 2.75. The largest absolute Gasteiger partial charge is 0.478 e. The van der Waals surface area contributed by atoms with Gasteiger partial charge in [-0.05, 0) is 31.2 Å². The highest BCUT2D eigenvalue weighted by molar-refractivity contribution is 7.13. The van der Waals surface area contributed by atoms with Crippen molar-refractivity contribution >= 4 is 28.3 Å².